The van der Waals surface area contributed by atoms with E-state index in [-0.39, 0.29) is 0 Å². The van der Waals surface area contributed by atoms with E-state index in [0.717, 1.165) is 0 Å². The molecule has 0 radical (unpaired) electrons. The summed E-state index contributed by atoms with van der Waals surface area (Å²) in [5.41, 5.74) is -2.34. The van der Waals surface area contributed by atoms with Crippen LogP contribution in [0.2, 0.25) is 0 Å². The van der Waals surface area contributed by atoms with Gasteiger partial charge in [0, 0.05) is 0 Å². The van der Waals surface area contributed by atoms with Crippen molar-refractivity contribution >= 4 is 11.9 Å². The van der Waals surface area contributed by atoms with E-state index in [1.54, 1.807) is 0 Å². The van der Waals surface area contributed by atoms with Crippen molar-refractivity contribution in [3.05, 3.63) is 34.9 Å². The molecule has 0 spiro atoms. The summed E-state index contributed by atoms with van der Waals surface area (Å²) in [6.45, 7) is 0. The Bertz CT molecular complexity index is 375. The first-order chi connectivity index (χ1) is 6.45. The first-order valence-corrected chi connectivity index (χ1v) is 3.39. The third-order valence-electron chi connectivity index (χ3n) is 1.53. The van der Waals surface area contributed by atoms with Crippen molar-refractivity contribution in [1.82, 2.24) is 0 Å². The van der Waals surface area contributed by atoms with E-state index in [0.29, 0.717) is 12.1 Å². The lowest BCUT2D eigenvalue weighted by Gasteiger charge is -2.03. The lowest BCUT2D eigenvalue weighted by Crippen LogP contribution is -2.13. The molecule has 0 aromatic heterocycles. The normalized spacial score (nSPS) is 9.86. The highest BCUT2D eigenvalue weighted by Crippen LogP contribution is 2.17. The molecule has 14 heavy (non-hydrogen) atoms. The Labute approximate surface area is 76.4 Å². The van der Waals surface area contributed by atoms with Crippen molar-refractivity contribution in [1.29, 1.82) is 0 Å². The predicted molar refractivity (Wildman–Crippen MR) is 40.3 cm³/mol. The molecule has 0 saturated heterocycles. The molecule has 0 aliphatic rings. The van der Waals surface area contributed by atoms with Gasteiger partial charge in [0.1, 0.15) is 22.8 Å². The number of benzene rings is 1. The van der Waals surface area contributed by atoms with Crippen molar-refractivity contribution in [2.45, 2.75) is 0 Å². The minimum Gasteiger partial charge on any atom is -0.478 e. The third kappa shape index (κ3) is 1.54. The first-order valence-electron chi connectivity index (χ1n) is 3.39. The van der Waals surface area contributed by atoms with Crippen LogP contribution in [0.25, 0.3) is 0 Å². The first kappa shape index (κ1) is 10.1. The summed E-state index contributed by atoms with van der Waals surface area (Å²) in [7, 11) is 0. The molecule has 2 N–H and O–H groups in total. The fraction of sp³-hybridized carbons (Fsp3) is 0. The minimum atomic E-state index is -1.82. The van der Waals surface area contributed by atoms with Crippen molar-refractivity contribution in [2.75, 3.05) is 0 Å². The Balaban J connectivity index is 3.58. The van der Waals surface area contributed by atoms with Gasteiger partial charge in [-0.05, 0) is 12.1 Å². The predicted octanol–water partition coefficient (Wildman–Crippen LogP) is 1.36. The second kappa shape index (κ2) is 3.41. The Morgan fingerprint density at radius 2 is 1.21 bits per heavy atom. The summed E-state index contributed by atoms with van der Waals surface area (Å²) < 4.78 is 25.7. The molecular formula is C8H4F2O4. The molecule has 0 fully saturated rings. The Kier molecular flexibility index (Phi) is 2.46. The number of halogens is 2. The molecule has 0 heterocycles. The van der Waals surface area contributed by atoms with E-state index < -0.39 is 34.7 Å². The molecule has 0 atom stereocenters. The molecule has 0 bridgehead atoms. The van der Waals surface area contributed by atoms with Crippen LogP contribution in [-0.2, 0) is 0 Å². The zero-order valence-electron chi connectivity index (χ0n) is 6.62. The van der Waals surface area contributed by atoms with Gasteiger partial charge < -0.3 is 10.2 Å². The van der Waals surface area contributed by atoms with E-state index in [2.05, 4.69) is 0 Å². The van der Waals surface area contributed by atoms with Crippen LogP contribution in [0, 0.1) is 11.6 Å². The zero-order valence-corrected chi connectivity index (χ0v) is 6.62. The number of carbonyl (C=O) groups is 2. The molecule has 1 aromatic rings. The average molecular weight is 202 g/mol. The van der Waals surface area contributed by atoms with E-state index in [1.807, 2.05) is 0 Å². The summed E-state index contributed by atoms with van der Waals surface area (Å²) >= 11 is 0. The van der Waals surface area contributed by atoms with Gasteiger partial charge in [0.25, 0.3) is 0 Å². The van der Waals surface area contributed by atoms with Crippen LogP contribution in [0.15, 0.2) is 12.1 Å². The molecule has 0 saturated carbocycles. The van der Waals surface area contributed by atoms with Gasteiger partial charge in [-0.2, -0.15) is 0 Å². The average Bonchev–Trinajstić information content (AvgIpc) is 2.07. The number of carboxylic acid groups (broad SMARTS) is 2. The summed E-state index contributed by atoms with van der Waals surface area (Å²) in [5.74, 6) is -6.20. The molecule has 0 amide bonds. The van der Waals surface area contributed by atoms with Gasteiger partial charge in [-0.3, -0.25) is 0 Å². The van der Waals surface area contributed by atoms with Crippen LogP contribution >= 0.6 is 0 Å². The standard InChI is InChI=1S/C8H4F2O4/c9-3-1-2-4(10)6(8(13)14)5(3)7(11)12/h1-2H,(H,11,12)(H,13,14). The van der Waals surface area contributed by atoms with Gasteiger partial charge in [-0.15, -0.1) is 0 Å². The van der Waals surface area contributed by atoms with Crippen LogP contribution in [0.3, 0.4) is 0 Å². The summed E-state index contributed by atoms with van der Waals surface area (Å²) in [5, 5.41) is 16.9. The Hall–Kier alpha value is -1.98. The van der Waals surface area contributed by atoms with Crippen LogP contribution < -0.4 is 0 Å². The molecular weight excluding hydrogens is 198 g/mol. The van der Waals surface area contributed by atoms with Crippen LogP contribution in [-0.4, -0.2) is 22.2 Å². The Morgan fingerprint density at radius 1 is 0.929 bits per heavy atom. The van der Waals surface area contributed by atoms with E-state index >= 15 is 0 Å². The summed E-state index contributed by atoms with van der Waals surface area (Å²) in [4.78, 5) is 20.9. The fourth-order valence-corrected chi connectivity index (χ4v) is 0.970. The highest BCUT2D eigenvalue weighted by molar-refractivity contribution is 6.02. The molecule has 4 nitrogen and oxygen atoms in total. The lowest BCUT2D eigenvalue weighted by molar-refractivity contribution is 0.0642. The van der Waals surface area contributed by atoms with Gasteiger partial charge >= 0.3 is 11.9 Å². The molecule has 6 heteroatoms. The van der Waals surface area contributed by atoms with Gasteiger partial charge in [-0.25, -0.2) is 18.4 Å². The Morgan fingerprint density at radius 3 is 1.43 bits per heavy atom. The van der Waals surface area contributed by atoms with Crippen LogP contribution in [0.4, 0.5) is 8.78 Å². The smallest absolute Gasteiger partial charge is 0.339 e. The van der Waals surface area contributed by atoms with Gasteiger partial charge in [0.05, 0.1) is 0 Å². The SMILES string of the molecule is O=C(O)c1c(F)ccc(F)c1C(=O)O. The van der Waals surface area contributed by atoms with E-state index in [1.165, 1.54) is 0 Å². The van der Waals surface area contributed by atoms with Crippen molar-refractivity contribution < 1.29 is 28.6 Å². The summed E-state index contributed by atoms with van der Waals surface area (Å²) in [6.07, 6.45) is 0. The van der Waals surface area contributed by atoms with Crippen molar-refractivity contribution in [3.8, 4) is 0 Å². The minimum absolute atomic E-state index is 0.561. The second-order valence-electron chi connectivity index (χ2n) is 2.39. The quantitative estimate of drug-likeness (QED) is 0.759. The van der Waals surface area contributed by atoms with Crippen LogP contribution in [0.1, 0.15) is 20.7 Å². The molecule has 0 aliphatic heterocycles. The highest BCUT2D eigenvalue weighted by Gasteiger charge is 2.24. The van der Waals surface area contributed by atoms with Crippen molar-refractivity contribution in [3.63, 3.8) is 0 Å². The molecule has 1 rings (SSSR count). The monoisotopic (exact) mass is 202 g/mol. The largest absolute Gasteiger partial charge is 0.478 e. The maximum Gasteiger partial charge on any atom is 0.339 e. The number of carboxylic acids is 2. The molecule has 0 unspecified atom stereocenters. The number of rotatable bonds is 2. The zero-order chi connectivity index (χ0) is 10.9. The third-order valence-corrected chi connectivity index (χ3v) is 1.53. The molecule has 74 valence electrons. The summed E-state index contributed by atoms with van der Waals surface area (Å²) in [6, 6.07) is 1.12. The van der Waals surface area contributed by atoms with Gasteiger partial charge in [0.2, 0.25) is 0 Å². The van der Waals surface area contributed by atoms with Crippen molar-refractivity contribution in [2.24, 2.45) is 0 Å². The maximum absolute atomic E-state index is 12.8. The number of hydrogen-bond donors (Lipinski definition) is 2. The van der Waals surface area contributed by atoms with Gasteiger partial charge in [0.15, 0.2) is 0 Å². The molecule has 0 aliphatic carbocycles. The fourth-order valence-electron chi connectivity index (χ4n) is 0.970. The molecule has 1 aromatic carbocycles. The van der Waals surface area contributed by atoms with Crippen LogP contribution in [0.5, 0.6) is 0 Å². The topological polar surface area (TPSA) is 74.6 Å². The number of hydrogen-bond acceptors (Lipinski definition) is 2. The maximum atomic E-state index is 12.8. The van der Waals surface area contributed by atoms with E-state index in [9.17, 15) is 18.4 Å². The van der Waals surface area contributed by atoms with Gasteiger partial charge in [-0.1, -0.05) is 0 Å². The highest BCUT2D eigenvalue weighted by atomic mass is 19.1. The second-order valence-corrected chi connectivity index (χ2v) is 2.39. The lowest BCUT2D eigenvalue weighted by atomic mass is 10.1. The van der Waals surface area contributed by atoms with E-state index in [4.69, 9.17) is 10.2 Å². The number of aromatic carboxylic acids is 2.